The molecule has 0 spiro atoms. The summed E-state index contributed by atoms with van der Waals surface area (Å²) >= 11 is 0. The molecule has 2 aromatic rings. The fraction of sp³-hybridized carbons (Fsp3) is 0.350. The fourth-order valence-corrected chi connectivity index (χ4v) is 3.26. The van der Waals surface area contributed by atoms with E-state index in [1.165, 1.54) is 7.05 Å². The molecule has 0 saturated heterocycles. The highest BCUT2D eigenvalue weighted by atomic mass is 32.2. The number of nitrogens with zero attached hydrogens (tertiary/aromatic N) is 1. The van der Waals surface area contributed by atoms with Gasteiger partial charge in [0, 0.05) is 13.5 Å². The van der Waals surface area contributed by atoms with Crippen molar-refractivity contribution in [3.05, 3.63) is 59.7 Å². The molecule has 0 heterocycles. The topological polar surface area (TPSA) is 75.7 Å². The Balaban J connectivity index is 1.77. The molecule has 146 valence electrons. The van der Waals surface area contributed by atoms with Crippen LogP contribution in [0.5, 0.6) is 5.75 Å². The van der Waals surface area contributed by atoms with Gasteiger partial charge in [0.2, 0.25) is 15.9 Å². The molecule has 0 fully saturated rings. The molecule has 27 heavy (non-hydrogen) atoms. The summed E-state index contributed by atoms with van der Waals surface area (Å²) in [7, 11) is -0.305. The predicted octanol–water partition coefficient (Wildman–Crippen LogP) is 2.37. The number of hydrogen-bond acceptors (Lipinski definition) is 4. The monoisotopic (exact) mass is 390 g/mol. The molecule has 0 saturated carbocycles. The van der Waals surface area contributed by atoms with Crippen LogP contribution in [0.25, 0.3) is 0 Å². The van der Waals surface area contributed by atoms with E-state index in [0.717, 1.165) is 16.9 Å². The molecular weight excluding hydrogens is 364 g/mol. The maximum absolute atomic E-state index is 12.2. The van der Waals surface area contributed by atoms with Crippen LogP contribution in [0.4, 0.5) is 0 Å². The molecular formula is C20H26N2O4S. The Hall–Kier alpha value is -2.38. The zero-order chi connectivity index (χ0) is 19.9. The molecule has 1 amide bonds. The summed E-state index contributed by atoms with van der Waals surface area (Å²) in [6, 6.07) is 14.4. The van der Waals surface area contributed by atoms with E-state index >= 15 is 0 Å². The molecule has 1 N–H and O–H groups in total. The van der Waals surface area contributed by atoms with Gasteiger partial charge < -0.3 is 9.64 Å². The summed E-state index contributed by atoms with van der Waals surface area (Å²) in [4.78, 5) is 14.1. The van der Waals surface area contributed by atoms with Crippen molar-refractivity contribution in [3.63, 3.8) is 0 Å². The first-order chi connectivity index (χ1) is 12.8. The van der Waals surface area contributed by atoms with Gasteiger partial charge in [-0.1, -0.05) is 24.3 Å². The van der Waals surface area contributed by atoms with Crippen LogP contribution in [0.15, 0.2) is 53.4 Å². The van der Waals surface area contributed by atoms with Crippen molar-refractivity contribution < 1.29 is 17.9 Å². The average Bonchev–Trinajstić information content (AvgIpc) is 2.66. The number of carbonyl (C=O) groups is 1. The molecule has 0 aromatic heterocycles. The minimum Gasteiger partial charge on any atom is -0.492 e. The maximum atomic E-state index is 12.2. The highest BCUT2D eigenvalue weighted by Crippen LogP contribution is 2.13. The van der Waals surface area contributed by atoms with E-state index in [4.69, 9.17) is 4.74 Å². The Morgan fingerprint density at radius 2 is 1.85 bits per heavy atom. The van der Waals surface area contributed by atoms with E-state index in [0.29, 0.717) is 26.0 Å². The Labute approximate surface area is 161 Å². The molecule has 0 radical (unpaired) electrons. The van der Waals surface area contributed by atoms with Gasteiger partial charge in [0.05, 0.1) is 11.4 Å². The number of hydrogen-bond donors (Lipinski definition) is 1. The van der Waals surface area contributed by atoms with Gasteiger partial charge in [0.1, 0.15) is 12.4 Å². The molecule has 0 aliphatic carbocycles. The van der Waals surface area contributed by atoms with Gasteiger partial charge in [-0.05, 0) is 55.8 Å². The third-order valence-corrected chi connectivity index (χ3v) is 5.67. The first kappa shape index (κ1) is 20.9. The van der Waals surface area contributed by atoms with Crippen molar-refractivity contribution in [3.8, 4) is 5.75 Å². The predicted molar refractivity (Wildman–Crippen MR) is 105 cm³/mol. The molecule has 2 aromatic carbocycles. The third kappa shape index (κ3) is 6.37. The van der Waals surface area contributed by atoms with Crippen LogP contribution in [0.3, 0.4) is 0 Å². The van der Waals surface area contributed by atoms with Gasteiger partial charge in [0.15, 0.2) is 0 Å². The fourth-order valence-electron chi connectivity index (χ4n) is 2.53. The van der Waals surface area contributed by atoms with Gasteiger partial charge in [0.25, 0.3) is 0 Å². The number of likely N-dealkylation sites (N-methyl/N-ethyl adjacent to an activating group) is 1. The minimum atomic E-state index is -3.43. The molecule has 0 atom stereocenters. The average molecular weight is 391 g/mol. The number of benzene rings is 2. The van der Waals surface area contributed by atoms with Gasteiger partial charge >= 0.3 is 0 Å². The second-order valence-corrected chi connectivity index (χ2v) is 8.22. The highest BCUT2D eigenvalue weighted by molar-refractivity contribution is 7.89. The van der Waals surface area contributed by atoms with Crippen LogP contribution < -0.4 is 9.46 Å². The Kier molecular flexibility index (Phi) is 7.38. The molecule has 0 bridgehead atoms. The Morgan fingerprint density at radius 3 is 2.48 bits per heavy atom. The van der Waals surface area contributed by atoms with Crippen molar-refractivity contribution in [1.82, 2.24) is 9.62 Å². The van der Waals surface area contributed by atoms with E-state index in [-0.39, 0.29) is 10.8 Å². The quantitative estimate of drug-likeness (QED) is 0.713. The molecule has 0 aliphatic rings. The largest absolute Gasteiger partial charge is 0.492 e. The van der Waals surface area contributed by atoms with Crippen LogP contribution in [0.1, 0.15) is 17.5 Å². The first-order valence-corrected chi connectivity index (χ1v) is 10.3. The maximum Gasteiger partial charge on any atom is 0.240 e. The number of rotatable bonds is 9. The van der Waals surface area contributed by atoms with Crippen LogP contribution in [0, 0.1) is 6.92 Å². The zero-order valence-corrected chi connectivity index (χ0v) is 16.8. The minimum absolute atomic E-state index is 0.0229. The van der Waals surface area contributed by atoms with Gasteiger partial charge in [-0.25, -0.2) is 13.1 Å². The van der Waals surface area contributed by atoms with Crippen LogP contribution in [-0.2, 0) is 21.2 Å². The number of nitrogens with one attached hydrogen (secondary N) is 1. The van der Waals surface area contributed by atoms with Crippen LogP contribution in [0.2, 0.25) is 0 Å². The standard InChI is InChI=1S/C20H26N2O4S/c1-16-5-4-6-18(15-16)26-14-13-22(3)20(23)12-9-17-7-10-19(11-8-17)27(24,25)21-2/h4-8,10-11,15,21H,9,12-14H2,1-3H3. The van der Waals surface area contributed by atoms with Crippen molar-refractivity contribution >= 4 is 15.9 Å². The number of ether oxygens (including phenoxy) is 1. The summed E-state index contributed by atoms with van der Waals surface area (Å²) in [6.07, 6.45) is 0.918. The summed E-state index contributed by atoms with van der Waals surface area (Å²) in [5, 5.41) is 0. The molecule has 2 rings (SSSR count). The van der Waals surface area contributed by atoms with E-state index in [1.807, 2.05) is 31.2 Å². The molecule has 0 aliphatic heterocycles. The van der Waals surface area contributed by atoms with Crippen molar-refractivity contribution in [2.45, 2.75) is 24.7 Å². The van der Waals surface area contributed by atoms with Crippen molar-refractivity contribution in [1.29, 1.82) is 0 Å². The Bertz CT molecular complexity index is 864. The van der Waals surface area contributed by atoms with Gasteiger partial charge in [-0.2, -0.15) is 0 Å². The van der Waals surface area contributed by atoms with E-state index < -0.39 is 10.0 Å². The second kappa shape index (κ2) is 9.53. The van der Waals surface area contributed by atoms with Crippen molar-refractivity contribution in [2.24, 2.45) is 0 Å². The number of sulfonamides is 1. The molecule has 6 nitrogen and oxygen atoms in total. The third-order valence-electron chi connectivity index (χ3n) is 4.24. The second-order valence-electron chi connectivity index (χ2n) is 6.33. The summed E-state index contributed by atoms with van der Waals surface area (Å²) < 4.78 is 31.4. The van der Waals surface area contributed by atoms with Crippen LogP contribution >= 0.6 is 0 Å². The smallest absolute Gasteiger partial charge is 0.240 e. The number of amides is 1. The summed E-state index contributed by atoms with van der Waals surface area (Å²) in [6.45, 7) is 2.94. The highest BCUT2D eigenvalue weighted by Gasteiger charge is 2.12. The molecule has 0 unspecified atom stereocenters. The van der Waals surface area contributed by atoms with E-state index in [9.17, 15) is 13.2 Å². The summed E-state index contributed by atoms with van der Waals surface area (Å²) in [5.74, 6) is 0.822. The van der Waals surface area contributed by atoms with Crippen molar-refractivity contribution in [2.75, 3.05) is 27.2 Å². The van der Waals surface area contributed by atoms with Crippen LogP contribution in [-0.4, -0.2) is 46.5 Å². The molecule has 7 heteroatoms. The zero-order valence-electron chi connectivity index (χ0n) is 15.9. The lowest BCUT2D eigenvalue weighted by molar-refractivity contribution is -0.130. The lowest BCUT2D eigenvalue weighted by Gasteiger charge is -2.17. The van der Waals surface area contributed by atoms with Gasteiger partial charge in [-0.3, -0.25) is 4.79 Å². The summed E-state index contributed by atoms with van der Waals surface area (Å²) in [5.41, 5.74) is 2.05. The normalized spacial score (nSPS) is 11.2. The van der Waals surface area contributed by atoms with E-state index in [2.05, 4.69) is 4.72 Å². The lowest BCUT2D eigenvalue weighted by atomic mass is 10.1. The number of carbonyl (C=O) groups excluding carboxylic acids is 1. The number of aryl methyl sites for hydroxylation is 2. The van der Waals surface area contributed by atoms with E-state index in [1.54, 1.807) is 36.2 Å². The van der Waals surface area contributed by atoms with Gasteiger partial charge in [-0.15, -0.1) is 0 Å². The first-order valence-electron chi connectivity index (χ1n) is 8.78. The Morgan fingerprint density at radius 1 is 1.15 bits per heavy atom. The SMILES string of the molecule is CNS(=O)(=O)c1ccc(CCC(=O)N(C)CCOc2cccc(C)c2)cc1. The lowest BCUT2D eigenvalue weighted by Crippen LogP contribution is -2.31.